The number of hydrogen-bond acceptors (Lipinski definition) is 4. The van der Waals surface area contributed by atoms with E-state index in [-0.39, 0.29) is 0 Å². The van der Waals surface area contributed by atoms with Crippen molar-refractivity contribution in [3.05, 3.63) is 133 Å². The number of H-pyrrole nitrogens is 1. The minimum absolute atomic E-state index is 0.775. The Hall–Kier alpha value is -4.74. The molecular weight excluding hydrogens is 500 g/mol. The lowest BCUT2D eigenvalue weighted by molar-refractivity contribution is 0.482. The normalized spacial score (nSPS) is 10.8. The first-order chi connectivity index (χ1) is 19.2. The van der Waals surface area contributed by atoms with E-state index >= 15 is 0 Å². The number of ether oxygens (including phenoxy) is 2. The van der Waals surface area contributed by atoms with Crippen LogP contribution in [-0.4, -0.2) is 16.2 Å². The van der Waals surface area contributed by atoms with Crippen LogP contribution in [0.5, 0.6) is 23.0 Å². The number of para-hydroxylation sites is 2. The van der Waals surface area contributed by atoms with Crippen LogP contribution in [0.3, 0.4) is 0 Å². The molecule has 1 heterocycles. The van der Waals surface area contributed by atoms with Gasteiger partial charge in [0.15, 0.2) is 0 Å². The zero-order chi connectivity index (χ0) is 26.4. The molecule has 6 aromatic rings. The van der Waals surface area contributed by atoms with Crippen molar-refractivity contribution in [3.8, 4) is 56.9 Å². The molecule has 5 aromatic carbocycles. The summed E-state index contributed by atoms with van der Waals surface area (Å²) in [6.07, 6.45) is 2.08. The summed E-state index contributed by atoms with van der Waals surface area (Å²) in [7, 11) is 0. The second-order valence-corrected chi connectivity index (χ2v) is 9.80. The minimum atomic E-state index is 0.775. The highest BCUT2D eigenvalue weighted by atomic mass is 32.2. The van der Waals surface area contributed by atoms with E-state index in [2.05, 4.69) is 47.6 Å². The summed E-state index contributed by atoms with van der Waals surface area (Å²) in [5.74, 6) is 3.99. The molecule has 0 unspecified atom stereocenters. The first kappa shape index (κ1) is 24.6. The van der Waals surface area contributed by atoms with Gasteiger partial charge in [-0.2, -0.15) is 0 Å². The van der Waals surface area contributed by atoms with Gasteiger partial charge in [0.25, 0.3) is 0 Å². The highest BCUT2D eigenvalue weighted by Gasteiger charge is 2.16. The molecule has 39 heavy (non-hydrogen) atoms. The highest BCUT2D eigenvalue weighted by molar-refractivity contribution is 7.98. The number of aromatic amines is 1. The summed E-state index contributed by atoms with van der Waals surface area (Å²) in [5.41, 5.74) is 4.88. The van der Waals surface area contributed by atoms with Gasteiger partial charge in [-0.1, -0.05) is 48.5 Å². The van der Waals surface area contributed by atoms with Gasteiger partial charge in [0.2, 0.25) is 0 Å². The number of nitrogens with one attached hydrogen (secondary N) is 1. The largest absolute Gasteiger partial charge is 0.457 e. The van der Waals surface area contributed by atoms with Crippen LogP contribution in [0.4, 0.5) is 0 Å². The SMILES string of the molecule is CSc1ccc(-c2nc(-c3ccc(Oc4ccccc4)cc3)c(-c3ccc(Oc4ccccc4)cc3)[nH]2)cc1. The van der Waals surface area contributed by atoms with Gasteiger partial charge < -0.3 is 14.5 Å². The summed E-state index contributed by atoms with van der Waals surface area (Å²) in [5, 5.41) is 0. The smallest absolute Gasteiger partial charge is 0.138 e. The van der Waals surface area contributed by atoms with E-state index in [1.165, 1.54) is 4.90 Å². The number of imidazole rings is 1. The summed E-state index contributed by atoms with van der Waals surface area (Å²) in [6, 6.07) is 44.1. The molecule has 0 amide bonds. The Morgan fingerprint density at radius 3 is 1.49 bits per heavy atom. The molecule has 0 fully saturated rings. The van der Waals surface area contributed by atoms with Crippen molar-refractivity contribution < 1.29 is 9.47 Å². The molecule has 0 atom stereocenters. The second kappa shape index (κ2) is 11.3. The van der Waals surface area contributed by atoms with Gasteiger partial charge in [0.05, 0.1) is 11.4 Å². The zero-order valence-corrected chi connectivity index (χ0v) is 22.2. The van der Waals surface area contributed by atoms with E-state index < -0.39 is 0 Å². The molecule has 1 aromatic heterocycles. The number of benzene rings is 5. The lowest BCUT2D eigenvalue weighted by Crippen LogP contribution is -1.87. The van der Waals surface area contributed by atoms with Crippen molar-refractivity contribution in [2.45, 2.75) is 4.90 Å². The van der Waals surface area contributed by atoms with E-state index in [0.717, 1.165) is 56.9 Å². The molecule has 0 aliphatic carbocycles. The van der Waals surface area contributed by atoms with Crippen molar-refractivity contribution in [1.82, 2.24) is 9.97 Å². The Labute approximate surface area is 232 Å². The van der Waals surface area contributed by atoms with E-state index in [4.69, 9.17) is 14.5 Å². The summed E-state index contributed by atoms with van der Waals surface area (Å²) < 4.78 is 12.0. The Kier molecular flexibility index (Phi) is 7.15. The topological polar surface area (TPSA) is 47.1 Å². The molecule has 5 heteroatoms. The fourth-order valence-electron chi connectivity index (χ4n) is 4.30. The van der Waals surface area contributed by atoms with Crippen molar-refractivity contribution in [2.75, 3.05) is 6.26 Å². The van der Waals surface area contributed by atoms with Crippen LogP contribution in [-0.2, 0) is 0 Å². The van der Waals surface area contributed by atoms with Crippen LogP contribution in [0.1, 0.15) is 0 Å². The van der Waals surface area contributed by atoms with Crippen LogP contribution in [0, 0.1) is 0 Å². The molecule has 0 spiro atoms. The Balaban J connectivity index is 1.34. The molecule has 190 valence electrons. The van der Waals surface area contributed by atoms with Gasteiger partial charge in [0, 0.05) is 21.6 Å². The molecule has 6 rings (SSSR count). The van der Waals surface area contributed by atoms with E-state index in [1.807, 2.05) is 97.1 Å². The van der Waals surface area contributed by atoms with Crippen LogP contribution in [0.2, 0.25) is 0 Å². The predicted octanol–water partition coefficient (Wildman–Crippen LogP) is 9.72. The molecule has 0 bridgehead atoms. The molecule has 0 radical (unpaired) electrons. The van der Waals surface area contributed by atoms with Gasteiger partial charge >= 0.3 is 0 Å². The van der Waals surface area contributed by atoms with Crippen LogP contribution >= 0.6 is 11.8 Å². The molecule has 0 aliphatic heterocycles. The summed E-state index contributed by atoms with van der Waals surface area (Å²) in [4.78, 5) is 9.85. The highest BCUT2D eigenvalue weighted by Crippen LogP contribution is 2.36. The molecule has 4 nitrogen and oxygen atoms in total. The summed E-state index contributed by atoms with van der Waals surface area (Å²) >= 11 is 1.72. The Morgan fingerprint density at radius 2 is 0.974 bits per heavy atom. The van der Waals surface area contributed by atoms with Crippen LogP contribution in [0.25, 0.3) is 33.9 Å². The fraction of sp³-hybridized carbons (Fsp3) is 0.0294. The zero-order valence-electron chi connectivity index (χ0n) is 21.4. The minimum Gasteiger partial charge on any atom is -0.457 e. The molecule has 0 saturated carbocycles. The number of nitrogens with zero attached hydrogens (tertiary/aromatic N) is 1. The van der Waals surface area contributed by atoms with Crippen molar-refractivity contribution in [2.24, 2.45) is 0 Å². The van der Waals surface area contributed by atoms with Gasteiger partial charge in [-0.25, -0.2) is 4.98 Å². The molecule has 0 saturated heterocycles. The van der Waals surface area contributed by atoms with Gasteiger partial charge in [-0.15, -0.1) is 11.8 Å². The van der Waals surface area contributed by atoms with E-state index in [0.29, 0.717) is 0 Å². The lowest BCUT2D eigenvalue weighted by atomic mass is 10.0. The fourth-order valence-corrected chi connectivity index (χ4v) is 4.70. The van der Waals surface area contributed by atoms with Gasteiger partial charge in [0.1, 0.15) is 28.8 Å². The summed E-state index contributed by atoms with van der Waals surface area (Å²) in [6.45, 7) is 0. The van der Waals surface area contributed by atoms with Crippen molar-refractivity contribution >= 4 is 11.8 Å². The maximum absolute atomic E-state index is 6.00. The standard InChI is InChI=1S/C34H26N2O2S/c1-39-31-22-16-26(17-23-31)34-35-32(24-12-18-29(19-13-24)37-27-8-4-2-5-9-27)33(36-34)25-14-20-30(21-15-25)38-28-10-6-3-7-11-28/h2-23H,1H3,(H,35,36). The maximum Gasteiger partial charge on any atom is 0.138 e. The Morgan fingerprint density at radius 1 is 0.513 bits per heavy atom. The number of rotatable bonds is 8. The quantitative estimate of drug-likeness (QED) is 0.201. The number of aromatic nitrogens is 2. The third-order valence-corrected chi connectivity index (χ3v) is 7.04. The monoisotopic (exact) mass is 526 g/mol. The van der Waals surface area contributed by atoms with Crippen LogP contribution < -0.4 is 9.47 Å². The average molecular weight is 527 g/mol. The molecule has 0 aliphatic rings. The average Bonchev–Trinajstić information content (AvgIpc) is 3.45. The van der Waals surface area contributed by atoms with Crippen LogP contribution in [0.15, 0.2) is 138 Å². The first-order valence-corrected chi connectivity index (χ1v) is 13.9. The van der Waals surface area contributed by atoms with Gasteiger partial charge in [-0.3, -0.25) is 0 Å². The predicted molar refractivity (Wildman–Crippen MR) is 160 cm³/mol. The van der Waals surface area contributed by atoms with E-state index in [1.54, 1.807) is 11.8 Å². The third kappa shape index (κ3) is 5.74. The number of thioether (sulfide) groups is 1. The molecule has 1 N–H and O–H groups in total. The van der Waals surface area contributed by atoms with Crippen molar-refractivity contribution in [3.63, 3.8) is 0 Å². The van der Waals surface area contributed by atoms with E-state index in [9.17, 15) is 0 Å². The maximum atomic E-state index is 6.00. The van der Waals surface area contributed by atoms with Crippen molar-refractivity contribution in [1.29, 1.82) is 0 Å². The van der Waals surface area contributed by atoms with Gasteiger partial charge in [-0.05, 0) is 91.2 Å². The second-order valence-electron chi connectivity index (χ2n) is 8.92. The first-order valence-electron chi connectivity index (χ1n) is 12.7. The Bertz CT molecular complexity index is 1540. The molecular formula is C34H26N2O2S. The lowest BCUT2D eigenvalue weighted by Gasteiger charge is -2.08. The third-order valence-electron chi connectivity index (χ3n) is 6.30. The number of hydrogen-bond donors (Lipinski definition) is 1.